The second-order valence-electron chi connectivity index (χ2n) is 6.73. The molecule has 0 spiro atoms. The fourth-order valence-electron chi connectivity index (χ4n) is 3.33. The number of aromatic nitrogens is 4. The average molecular weight is 536 g/mol. The first-order valence-corrected chi connectivity index (χ1v) is 11.4. The van der Waals surface area contributed by atoms with Crippen molar-refractivity contribution in [3.05, 3.63) is 22.3 Å². The van der Waals surface area contributed by atoms with Crippen molar-refractivity contribution in [1.29, 1.82) is 0 Å². The zero-order valence-corrected chi connectivity index (χ0v) is 18.8. The van der Waals surface area contributed by atoms with Crippen LogP contribution in [-0.2, 0) is 20.6 Å². The highest BCUT2D eigenvalue weighted by molar-refractivity contribution is 8.04. The number of nitrogens with zero attached hydrogens (tertiary/aromatic N) is 6. The van der Waals surface area contributed by atoms with Crippen LogP contribution >= 0.6 is 34.8 Å². The number of hydrogen-bond donors (Lipinski definition) is 4. The predicted molar refractivity (Wildman–Crippen MR) is 110 cm³/mol. The van der Waals surface area contributed by atoms with Gasteiger partial charge >= 0.3 is 12.1 Å². The third-order valence-electron chi connectivity index (χ3n) is 4.72. The van der Waals surface area contributed by atoms with E-state index >= 15 is 0 Å². The summed E-state index contributed by atoms with van der Waals surface area (Å²) in [6.07, 6.45) is -4.44. The molecular formula is C15H11F3N8O5S3. The Balaban J connectivity index is 1.52. The second-order valence-corrected chi connectivity index (χ2v) is 9.61. The molecule has 0 aliphatic carbocycles. The Morgan fingerprint density at radius 1 is 1.26 bits per heavy atom. The van der Waals surface area contributed by atoms with E-state index in [1.54, 1.807) is 0 Å². The van der Waals surface area contributed by atoms with Crippen LogP contribution in [0.2, 0.25) is 0 Å². The van der Waals surface area contributed by atoms with E-state index in [-0.39, 0.29) is 33.0 Å². The van der Waals surface area contributed by atoms with Gasteiger partial charge in [0.2, 0.25) is 17.4 Å². The van der Waals surface area contributed by atoms with Crippen LogP contribution in [0.15, 0.2) is 20.1 Å². The fourth-order valence-corrected chi connectivity index (χ4v) is 5.61. The number of amides is 2. The van der Waals surface area contributed by atoms with Gasteiger partial charge in [-0.2, -0.15) is 26.9 Å². The summed E-state index contributed by atoms with van der Waals surface area (Å²) >= 11 is 1.90. The van der Waals surface area contributed by atoms with E-state index in [2.05, 4.69) is 29.2 Å². The molecule has 5 N–H and O–H groups in total. The van der Waals surface area contributed by atoms with Crippen molar-refractivity contribution < 1.29 is 37.9 Å². The van der Waals surface area contributed by atoms with Crippen LogP contribution in [0.25, 0.3) is 0 Å². The van der Waals surface area contributed by atoms with Crippen LogP contribution < -0.4 is 11.1 Å². The summed E-state index contributed by atoms with van der Waals surface area (Å²) in [5, 5.41) is 24.0. The number of aliphatic carboxylic acids is 1. The topological polar surface area (TPSA) is 197 Å². The average Bonchev–Trinajstić information content (AvgIpc) is 3.41. The van der Waals surface area contributed by atoms with Crippen molar-refractivity contribution >= 4 is 63.5 Å². The number of carbonyl (C=O) groups is 3. The summed E-state index contributed by atoms with van der Waals surface area (Å²) in [6, 6.07) is -1.86. The van der Waals surface area contributed by atoms with Crippen molar-refractivity contribution in [3.63, 3.8) is 0 Å². The van der Waals surface area contributed by atoms with Crippen LogP contribution in [0.3, 0.4) is 0 Å². The third kappa shape index (κ3) is 4.28. The zero-order valence-electron chi connectivity index (χ0n) is 16.3. The molecule has 1 saturated heterocycles. The van der Waals surface area contributed by atoms with Crippen LogP contribution in [-0.4, -0.2) is 69.5 Å². The molecule has 4 rings (SSSR count). The normalized spacial score (nSPS) is 20.7. The number of thioether (sulfide) groups is 1. The Kier molecular flexibility index (Phi) is 6.16. The molecule has 0 saturated carbocycles. The molecular weight excluding hydrogens is 525 g/mol. The van der Waals surface area contributed by atoms with E-state index in [0.29, 0.717) is 23.3 Å². The molecule has 0 bridgehead atoms. The largest absolute Gasteiger partial charge is 0.477 e. The number of carboxylic acids is 1. The summed E-state index contributed by atoms with van der Waals surface area (Å²) in [5.74, 6) is -4.80. The van der Waals surface area contributed by atoms with Gasteiger partial charge in [0.25, 0.3) is 11.8 Å². The number of nitrogens with two attached hydrogens (primary N) is 1. The van der Waals surface area contributed by atoms with Gasteiger partial charge in [0.1, 0.15) is 11.7 Å². The Morgan fingerprint density at radius 2 is 2.00 bits per heavy atom. The molecule has 0 radical (unpaired) electrons. The van der Waals surface area contributed by atoms with Gasteiger partial charge in [0.05, 0.1) is 6.04 Å². The Hall–Kier alpha value is -3.32. The lowest BCUT2D eigenvalue weighted by atomic mass is 9.86. The minimum atomic E-state index is -4.74. The maximum Gasteiger partial charge on any atom is 0.452 e. The van der Waals surface area contributed by atoms with Crippen molar-refractivity contribution in [3.8, 4) is 0 Å². The standard InChI is InChI=1S/C15H11F3N8O5S3/c16-15(17,18)12-22-14(34-25-12)32-4-2-1-3-5(10(28)26(3)7(4)11(29)30)20-9(27)6(23-31)8-21-13(19)33-24-8/h3,5,31H,1-2H2,(H,20,27)(H,29,30)(H2,19,21,24)/b23-6-. The fraction of sp³-hybridized carbons (Fsp3) is 0.333. The minimum Gasteiger partial charge on any atom is -0.477 e. The second kappa shape index (κ2) is 8.80. The van der Waals surface area contributed by atoms with Crippen molar-refractivity contribution in [2.24, 2.45) is 5.16 Å². The maximum absolute atomic E-state index is 12.7. The van der Waals surface area contributed by atoms with Crippen LogP contribution in [0.1, 0.15) is 24.5 Å². The number of carboxylic acid groups (broad SMARTS) is 1. The Labute approximate surface area is 198 Å². The molecule has 34 heavy (non-hydrogen) atoms. The van der Waals surface area contributed by atoms with Crippen LogP contribution in [0.5, 0.6) is 0 Å². The molecule has 2 aliphatic heterocycles. The summed E-state index contributed by atoms with van der Waals surface area (Å²) in [4.78, 5) is 45.3. The molecule has 2 aromatic heterocycles. The van der Waals surface area contributed by atoms with Gasteiger partial charge in [0.15, 0.2) is 9.47 Å². The van der Waals surface area contributed by atoms with Gasteiger partial charge < -0.3 is 21.4 Å². The SMILES string of the molecule is Nc1nc(/C(=N/O)C(=O)NC2C(=O)N3C(C(=O)O)=C(Sc4nc(C(F)(F)F)ns4)CCC23)ns1. The molecule has 13 nitrogen and oxygen atoms in total. The van der Waals surface area contributed by atoms with Crippen molar-refractivity contribution in [1.82, 2.24) is 28.9 Å². The highest BCUT2D eigenvalue weighted by atomic mass is 32.2. The summed E-state index contributed by atoms with van der Waals surface area (Å²) in [7, 11) is 0. The lowest BCUT2D eigenvalue weighted by molar-refractivity contribution is -0.155. The molecule has 1 fully saturated rings. The summed E-state index contributed by atoms with van der Waals surface area (Å²) < 4.78 is 45.1. The quantitative estimate of drug-likeness (QED) is 0.176. The number of carbonyl (C=O) groups excluding carboxylic acids is 2. The number of halogens is 3. The molecule has 2 atom stereocenters. The van der Waals surface area contributed by atoms with Crippen molar-refractivity contribution in [2.75, 3.05) is 5.73 Å². The minimum absolute atomic E-state index is 0.0150. The first kappa shape index (κ1) is 23.8. The maximum atomic E-state index is 12.7. The number of oxime groups is 1. The van der Waals surface area contributed by atoms with Gasteiger partial charge in [0, 0.05) is 16.4 Å². The predicted octanol–water partition coefficient (Wildman–Crippen LogP) is 0.747. The monoisotopic (exact) mass is 536 g/mol. The van der Waals surface area contributed by atoms with Crippen molar-refractivity contribution in [2.45, 2.75) is 35.4 Å². The van der Waals surface area contributed by atoms with E-state index in [9.17, 15) is 32.7 Å². The van der Waals surface area contributed by atoms with Crippen LogP contribution in [0, 0.1) is 0 Å². The Bertz CT molecular complexity index is 1240. The lowest BCUT2D eigenvalue weighted by Gasteiger charge is -2.49. The first-order chi connectivity index (χ1) is 16.0. The Morgan fingerprint density at radius 3 is 2.56 bits per heavy atom. The summed E-state index contributed by atoms with van der Waals surface area (Å²) in [5.41, 5.74) is 4.45. The molecule has 2 aliphatic rings. The van der Waals surface area contributed by atoms with Crippen LogP contribution in [0.4, 0.5) is 18.3 Å². The number of allylic oxidation sites excluding steroid dienone is 1. The molecule has 2 amide bonds. The van der Waals surface area contributed by atoms with Gasteiger partial charge in [-0.25, -0.2) is 9.78 Å². The van der Waals surface area contributed by atoms with Gasteiger partial charge in [-0.15, -0.1) is 0 Å². The number of β-lactam (4-membered cyclic amide) rings is 1. The molecule has 4 heterocycles. The smallest absolute Gasteiger partial charge is 0.452 e. The number of fused-ring (bicyclic) bond motifs is 1. The number of hydrogen-bond acceptors (Lipinski definition) is 13. The van der Waals surface area contributed by atoms with Gasteiger partial charge in [-0.3, -0.25) is 14.5 Å². The van der Waals surface area contributed by atoms with Gasteiger partial charge in [-0.05, 0) is 24.4 Å². The molecule has 180 valence electrons. The van der Waals surface area contributed by atoms with E-state index in [4.69, 9.17) is 10.9 Å². The van der Waals surface area contributed by atoms with E-state index in [1.807, 2.05) is 0 Å². The third-order valence-corrected chi connectivity index (χ3v) is 7.16. The molecule has 19 heteroatoms. The van der Waals surface area contributed by atoms with E-state index < -0.39 is 53.3 Å². The number of rotatable bonds is 6. The number of alkyl halides is 3. The molecule has 0 aromatic carbocycles. The van der Waals surface area contributed by atoms with E-state index in [1.165, 1.54) is 0 Å². The number of nitrogen functional groups attached to an aromatic ring is 1. The number of nitrogens with one attached hydrogen (secondary N) is 1. The molecule has 2 unspecified atom stereocenters. The lowest BCUT2D eigenvalue weighted by Crippen LogP contribution is -2.72. The molecule has 2 aromatic rings. The summed E-state index contributed by atoms with van der Waals surface area (Å²) in [6.45, 7) is 0. The van der Waals surface area contributed by atoms with Gasteiger partial charge in [-0.1, -0.05) is 16.9 Å². The zero-order chi connectivity index (χ0) is 24.8. The highest BCUT2D eigenvalue weighted by Crippen LogP contribution is 2.44. The highest BCUT2D eigenvalue weighted by Gasteiger charge is 2.54. The number of anilines is 1. The van der Waals surface area contributed by atoms with E-state index in [0.717, 1.165) is 16.4 Å². The first-order valence-electron chi connectivity index (χ1n) is 9.02.